The van der Waals surface area contributed by atoms with E-state index in [9.17, 15) is 12.8 Å². The third-order valence-electron chi connectivity index (χ3n) is 3.01. The fourth-order valence-electron chi connectivity index (χ4n) is 1.85. The second-order valence-electron chi connectivity index (χ2n) is 4.42. The summed E-state index contributed by atoms with van der Waals surface area (Å²) in [6.07, 6.45) is 0.707. The van der Waals surface area contributed by atoms with Crippen LogP contribution in [-0.4, -0.2) is 8.42 Å². The number of nitrogens with two attached hydrogens (primary N) is 1. The summed E-state index contributed by atoms with van der Waals surface area (Å²) in [5.74, 6) is -0.661. The SMILES string of the molecule is CCc1ccc(S(=O)(=O)Nc2c(F)cccc2Br)cc1N. The van der Waals surface area contributed by atoms with Crippen LogP contribution in [0.5, 0.6) is 0 Å². The average Bonchev–Trinajstić information content (AvgIpc) is 2.43. The van der Waals surface area contributed by atoms with Crippen molar-refractivity contribution in [1.29, 1.82) is 0 Å². The van der Waals surface area contributed by atoms with Crippen molar-refractivity contribution in [2.75, 3.05) is 10.5 Å². The van der Waals surface area contributed by atoms with Gasteiger partial charge in [0.1, 0.15) is 5.82 Å². The zero-order valence-corrected chi connectivity index (χ0v) is 13.6. The molecule has 0 spiro atoms. The Morgan fingerprint density at radius 3 is 2.57 bits per heavy atom. The van der Waals surface area contributed by atoms with Crippen LogP contribution < -0.4 is 10.5 Å². The first kappa shape index (κ1) is 15.8. The highest BCUT2D eigenvalue weighted by molar-refractivity contribution is 9.10. The number of sulfonamides is 1. The minimum Gasteiger partial charge on any atom is -0.398 e. The van der Waals surface area contributed by atoms with E-state index >= 15 is 0 Å². The largest absolute Gasteiger partial charge is 0.398 e. The Morgan fingerprint density at radius 1 is 1.29 bits per heavy atom. The Kier molecular flexibility index (Phi) is 4.53. The van der Waals surface area contributed by atoms with Gasteiger partial charge in [0.05, 0.1) is 10.6 Å². The second-order valence-corrected chi connectivity index (χ2v) is 6.95. The van der Waals surface area contributed by atoms with Gasteiger partial charge in [0, 0.05) is 10.2 Å². The Balaban J connectivity index is 2.41. The van der Waals surface area contributed by atoms with Gasteiger partial charge in [-0.1, -0.05) is 19.1 Å². The molecule has 0 heterocycles. The van der Waals surface area contributed by atoms with E-state index in [1.807, 2.05) is 6.92 Å². The van der Waals surface area contributed by atoms with Crippen molar-refractivity contribution >= 4 is 37.3 Å². The van der Waals surface area contributed by atoms with E-state index in [-0.39, 0.29) is 10.6 Å². The average molecular weight is 373 g/mol. The molecule has 0 radical (unpaired) electrons. The minimum absolute atomic E-state index is 0.00708. The fraction of sp³-hybridized carbons (Fsp3) is 0.143. The first-order chi connectivity index (χ1) is 9.85. The number of nitrogen functional groups attached to an aromatic ring is 1. The molecule has 0 unspecified atom stereocenters. The highest BCUT2D eigenvalue weighted by Gasteiger charge is 2.19. The lowest BCUT2D eigenvalue weighted by Gasteiger charge is -2.12. The van der Waals surface area contributed by atoms with Crippen LogP contribution in [0.3, 0.4) is 0 Å². The second kappa shape index (κ2) is 6.03. The van der Waals surface area contributed by atoms with Crippen molar-refractivity contribution in [3.05, 3.63) is 52.3 Å². The van der Waals surface area contributed by atoms with Crippen molar-refractivity contribution in [1.82, 2.24) is 0 Å². The molecule has 0 bridgehead atoms. The van der Waals surface area contributed by atoms with Crippen LogP contribution in [-0.2, 0) is 16.4 Å². The van der Waals surface area contributed by atoms with Gasteiger partial charge in [0.2, 0.25) is 0 Å². The number of aryl methyl sites for hydroxylation is 1. The normalized spacial score (nSPS) is 11.4. The maximum absolute atomic E-state index is 13.7. The summed E-state index contributed by atoms with van der Waals surface area (Å²) in [5.41, 5.74) is 6.94. The molecular formula is C14H14BrFN2O2S. The number of anilines is 2. The Labute approximate surface area is 131 Å². The maximum atomic E-state index is 13.7. The number of benzene rings is 2. The minimum atomic E-state index is -3.91. The molecular weight excluding hydrogens is 359 g/mol. The van der Waals surface area contributed by atoms with E-state index in [2.05, 4.69) is 20.7 Å². The van der Waals surface area contributed by atoms with Crippen molar-refractivity contribution in [3.63, 3.8) is 0 Å². The van der Waals surface area contributed by atoms with Gasteiger partial charge < -0.3 is 5.73 Å². The highest BCUT2D eigenvalue weighted by Crippen LogP contribution is 2.28. The molecule has 2 aromatic rings. The standard InChI is InChI=1S/C14H14BrFN2O2S/c1-2-9-6-7-10(8-13(9)17)21(19,20)18-14-11(15)4-3-5-12(14)16/h3-8,18H,2,17H2,1H3. The highest BCUT2D eigenvalue weighted by atomic mass is 79.9. The van der Waals surface area contributed by atoms with Gasteiger partial charge in [-0.3, -0.25) is 4.72 Å². The van der Waals surface area contributed by atoms with Crippen LogP contribution in [0.25, 0.3) is 0 Å². The summed E-state index contributed by atoms with van der Waals surface area (Å²) in [5, 5.41) is 0. The first-order valence-corrected chi connectivity index (χ1v) is 8.48. The van der Waals surface area contributed by atoms with Gasteiger partial charge in [-0.2, -0.15) is 0 Å². The third kappa shape index (κ3) is 3.36. The number of hydrogen-bond acceptors (Lipinski definition) is 3. The van der Waals surface area contributed by atoms with Crippen molar-refractivity contribution in [3.8, 4) is 0 Å². The molecule has 21 heavy (non-hydrogen) atoms. The monoisotopic (exact) mass is 372 g/mol. The summed E-state index contributed by atoms with van der Waals surface area (Å²) >= 11 is 3.12. The number of halogens is 2. The maximum Gasteiger partial charge on any atom is 0.262 e. The van der Waals surface area contributed by atoms with Gasteiger partial charge in [0.15, 0.2) is 0 Å². The Hall–Kier alpha value is -1.60. The first-order valence-electron chi connectivity index (χ1n) is 6.20. The molecule has 0 aliphatic heterocycles. The Bertz CT molecular complexity index is 758. The zero-order chi connectivity index (χ0) is 15.6. The molecule has 2 rings (SSSR count). The number of hydrogen-bond donors (Lipinski definition) is 2. The lowest BCUT2D eigenvalue weighted by atomic mass is 10.1. The fourth-order valence-corrected chi connectivity index (χ4v) is 3.55. The van der Waals surface area contributed by atoms with Crippen LogP contribution in [0.15, 0.2) is 45.8 Å². The van der Waals surface area contributed by atoms with Gasteiger partial charge >= 0.3 is 0 Å². The van der Waals surface area contributed by atoms with E-state index in [0.29, 0.717) is 16.6 Å². The molecule has 112 valence electrons. The lowest BCUT2D eigenvalue weighted by Crippen LogP contribution is -2.15. The summed E-state index contributed by atoms with van der Waals surface area (Å²) in [6, 6.07) is 8.68. The van der Waals surface area contributed by atoms with Crippen LogP contribution in [0.2, 0.25) is 0 Å². The van der Waals surface area contributed by atoms with Gasteiger partial charge in [-0.05, 0) is 52.2 Å². The summed E-state index contributed by atoms with van der Waals surface area (Å²) in [7, 11) is -3.91. The van der Waals surface area contributed by atoms with E-state index in [0.717, 1.165) is 5.56 Å². The quantitative estimate of drug-likeness (QED) is 0.806. The van der Waals surface area contributed by atoms with Crippen molar-refractivity contribution in [2.45, 2.75) is 18.2 Å². The molecule has 3 N–H and O–H groups in total. The molecule has 0 atom stereocenters. The molecule has 4 nitrogen and oxygen atoms in total. The van der Waals surface area contributed by atoms with Gasteiger partial charge in [-0.25, -0.2) is 12.8 Å². The summed E-state index contributed by atoms with van der Waals surface area (Å²) in [4.78, 5) is -0.00708. The predicted molar refractivity (Wildman–Crippen MR) is 85.1 cm³/mol. The molecule has 0 aliphatic rings. The van der Waals surface area contributed by atoms with Crippen LogP contribution in [0.1, 0.15) is 12.5 Å². The van der Waals surface area contributed by atoms with Crippen molar-refractivity contribution < 1.29 is 12.8 Å². The molecule has 0 aliphatic carbocycles. The molecule has 2 aromatic carbocycles. The number of nitrogens with one attached hydrogen (secondary N) is 1. The van der Waals surface area contributed by atoms with E-state index in [1.54, 1.807) is 12.1 Å². The molecule has 0 saturated heterocycles. The third-order valence-corrected chi connectivity index (χ3v) is 5.02. The van der Waals surface area contributed by atoms with Gasteiger partial charge in [0.25, 0.3) is 10.0 Å². The molecule has 0 aromatic heterocycles. The zero-order valence-electron chi connectivity index (χ0n) is 11.2. The summed E-state index contributed by atoms with van der Waals surface area (Å²) in [6.45, 7) is 1.93. The Morgan fingerprint density at radius 2 is 2.00 bits per heavy atom. The van der Waals surface area contributed by atoms with E-state index < -0.39 is 15.8 Å². The van der Waals surface area contributed by atoms with Crippen LogP contribution in [0.4, 0.5) is 15.8 Å². The molecule has 0 saturated carbocycles. The predicted octanol–water partition coefficient (Wildman–Crippen LogP) is 3.53. The summed E-state index contributed by atoms with van der Waals surface area (Å²) < 4.78 is 40.9. The number of para-hydroxylation sites is 1. The molecule has 7 heteroatoms. The lowest BCUT2D eigenvalue weighted by molar-refractivity contribution is 0.598. The van der Waals surface area contributed by atoms with Crippen LogP contribution in [0, 0.1) is 5.82 Å². The van der Waals surface area contributed by atoms with Gasteiger partial charge in [-0.15, -0.1) is 0 Å². The van der Waals surface area contributed by atoms with Crippen LogP contribution >= 0.6 is 15.9 Å². The molecule has 0 amide bonds. The molecule has 0 fully saturated rings. The van der Waals surface area contributed by atoms with E-state index in [1.165, 1.54) is 24.3 Å². The topological polar surface area (TPSA) is 72.2 Å². The smallest absolute Gasteiger partial charge is 0.262 e. The van der Waals surface area contributed by atoms with E-state index in [4.69, 9.17) is 5.73 Å². The van der Waals surface area contributed by atoms with Crippen molar-refractivity contribution in [2.24, 2.45) is 0 Å². The number of rotatable bonds is 4.